The molecule has 176 valence electrons. The zero-order valence-electron chi connectivity index (χ0n) is 19.2. The van der Waals surface area contributed by atoms with Crippen LogP contribution in [0.5, 0.6) is 5.75 Å². The molecular formula is C24H32N6O2S. The highest BCUT2D eigenvalue weighted by Gasteiger charge is 2.58. The summed E-state index contributed by atoms with van der Waals surface area (Å²) in [5.74, 6) is 2.14. The molecule has 1 aromatic rings. The minimum Gasteiger partial charge on any atom is -0.496 e. The third kappa shape index (κ3) is 3.99. The van der Waals surface area contributed by atoms with Gasteiger partial charge in [-0.25, -0.2) is 14.1 Å². The Morgan fingerprint density at radius 2 is 1.76 bits per heavy atom. The summed E-state index contributed by atoms with van der Waals surface area (Å²) < 4.78 is 7.82. The highest BCUT2D eigenvalue weighted by molar-refractivity contribution is 7.97. The Hall–Kier alpha value is -2.26. The zero-order valence-corrected chi connectivity index (χ0v) is 20.0. The SMILES string of the molecule is COc1ccccc1SN1CC2(C1)CN(C(=O)N1CC3(CC(N=CN=C(N)C4CC4)C3)C1)C2. The van der Waals surface area contributed by atoms with Gasteiger partial charge in [0.1, 0.15) is 17.9 Å². The lowest BCUT2D eigenvalue weighted by Crippen LogP contribution is -2.75. The second-order valence-electron chi connectivity index (χ2n) is 10.7. The minimum atomic E-state index is 0.218. The molecule has 33 heavy (non-hydrogen) atoms. The van der Waals surface area contributed by atoms with Crippen molar-refractivity contribution in [3.63, 3.8) is 0 Å². The molecule has 2 spiro atoms. The van der Waals surface area contributed by atoms with Crippen LogP contribution in [0.2, 0.25) is 0 Å². The van der Waals surface area contributed by atoms with Crippen LogP contribution in [-0.2, 0) is 0 Å². The van der Waals surface area contributed by atoms with E-state index in [9.17, 15) is 4.79 Å². The largest absolute Gasteiger partial charge is 0.496 e. The fraction of sp³-hybridized carbons (Fsp3) is 0.625. The number of nitrogens with zero attached hydrogens (tertiary/aromatic N) is 5. The van der Waals surface area contributed by atoms with Crippen molar-refractivity contribution in [2.75, 3.05) is 46.4 Å². The van der Waals surface area contributed by atoms with Crippen molar-refractivity contribution >= 4 is 30.2 Å². The smallest absolute Gasteiger partial charge is 0.320 e. The highest BCUT2D eigenvalue weighted by atomic mass is 32.2. The number of methoxy groups -OCH3 is 1. The average molecular weight is 469 g/mol. The molecule has 5 fully saturated rings. The predicted molar refractivity (Wildman–Crippen MR) is 130 cm³/mol. The van der Waals surface area contributed by atoms with Gasteiger partial charge in [0.15, 0.2) is 0 Å². The van der Waals surface area contributed by atoms with Crippen molar-refractivity contribution in [1.82, 2.24) is 14.1 Å². The molecule has 0 atom stereocenters. The first-order chi connectivity index (χ1) is 16.0. The molecule has 8 nitrogen and oxygen atoms in total. The topological polar surface area (TPSA) is 86.8 Å². The van der Waals surface area contributed by atoms with E-state index >= 15 is 0 Å². The second-order valence-corrected chi connectivity index (χ2v) is 11.8. The average Bonchev–Trinajstić information content (AvgIpc) is 3.54. The van der Waals surface area contributed by atoms with E-state index in [2.05, 4.69) is 20.4 Å². The number of amides is 2. The van der Waals surface area contributed by atoms with Crippen LogP contribution < -0.4 is 10.5 Å². The second kappa shape index (κ2) is 7.91. The van der Waals surface area contributed by atoms with Crippen molar-refractivity contribution in [2.45, 2.75) is 36.6 Å². The van der Waals surface area contributed by atoms with Gasteiger partial charge >= 0.3 is 6.03 Å². The summed E-state index contributed by atoms with van der Waals surface area (Å²) >= 11 is 1.75. The number of hydrogen-bond donors (Lipinski definition) is 1. The standard InChI is InChI=1S/C24H32N6O2S/c1-32-19-4-2-3-5-20(19)33-30-14-24(15-30)12-29(13-24)22(31)28-10-23(11-28)8-18(9-23)26-16-27-21(25)17-6-7-17/h2-5,16-18H,6-15H2,1H3,(H2,25,26,27). The monoisotopic (exact) mass is 468 g/mol. The van der Waals surface area contributed by atoms with Crippen molar-refractivity contribution in [3.05, 3.63) is 24.3 Å². The number of urea groups is 1. The molecule has 2 N–H and O–H groups in total. The summed E-state index contributed by atoms with van der Waals surface area (Å²) in [7, 11) is 1.71. The van der Waals surface area contributed by atoms with Crippen molar-refractivity contribution in [2.24, 2.45) is 32.5 Å². The lowest BCUT2D eigenvalue weighted by atomic mass is 9.61. The van der Waals surface area contributed by atoms with E-state index in [1.807, 2.05) is 28.0 Å². The van der Waals surface area contributed by atoms with E-state index in [0.29, 0.717) is 17.4 Å². The van der Waals surface area contributed by atoms with Gasteiger partial charge in [-0.15, -0.1) is 0 Å². The maximum atomic E-state index is 12.9. The van der Waals surface area contributed by atoms with Crippen LogP contribution >= 0.6 is 11.9 Å². The third-order valence-corrected chi connectivity index (χ3v) is 8.83. The van der Waals surface area contributed by atoms with Gasteiger partial charge in [-0.3, -0.25) is 4.99 Å². The quantitative estimate of drug-likeness (QED) is 0.394. The molecule has 2 amide bonds. The van der Waals surface area contributed by atoms with Gasteiger partial charge in [-0.2, -0.15) is 0 Å². The number of para-hydroxylation sites is 1. The summed E-state index contributed by atoms with van der Waals surface area (Å²) in [6.07, 6.45) is 6.10. The van der Waals surface area contributed by atoms with Crippen molar-refractivity contribution in [3.8, 4) is 5.75 Å². The van der Waals surface area contributed by atoms with E-state index in [0.717, 1.165) is 81.4 Å². The molecule has 0 radical (unpaired) electrons. The Balaban J connectivity index is 0.906. The Kier molecular flexibility index (Phi) is 5.10. The van der Waals surface area contributed by atoms with E-state index in [1.54, 1.807) is 25.4 Å². The number of ether oxygens (including phenoxy) is 1. The predicted octanol–water partition coefficient (Wildman–Crippen LogP) is 2.70. The van der Waals surface area contributed by atoms with Crippen LogP contribution in [0.4, 0.5) is 4.79 Å². The first-order valence-electron chi connectivity index (χ1n) is 11.9. The maximum Gasteiger partial charge on any atom is 0.320 e. The number of likely N-dealkylation sites (tertiary alicyclic amines) is 2. The fourth-order valence-electron chi connectivity index (χ4n) is 5.78. The lowest BCUT2D eigenvalue weighted by Gasteiger charge is -2.63. The molecular weight excluding hydrogens is 436 g/mol. The molecule has 9 heteroatoms. The third-order valence-electron chi connectivity index (χ3n) is 7.78. The Labute approximate surface area is 199 Å². The Bertz CT molecular complexity index is 980. The maximum absolute atomic E-state index is 12.9. The molecule has 1 aromatic carbocycles. The van der Waals surface area contributed by atoms with Crippen LogP contribution in [0.3, 0.4) is 0 Å². The number of aliphatic imine (C=N–C) groups is 2. The van der Waals surface area contributed by atoms with Crippen LogP contribution in [0.25, 0.3) is 0 Å². The Morgan fingerprint density at radius 1 is 1.09 bits per heavy atom. The van der Waals surface area contributed by atoms with E-state index in [4.69, 9.17) is 10.5 Å². The first kappa shape index (κ1) is 21.3. The van der Waals surface area contributed by atoms with Gasteiger partial charge in [0.05, 0.1) is 18.0 Å². The van der Waals surface area contributed by atoms with Crippen LogP contribution in [0, 0.1) is 16.7 Å². The summed E-state index contributed by atoms with van der Waals surface area (Å²) in [6, 6.07) is 8.69. The van der Waals surface area contributed by atoms with E-state index < -0.39 is 0 Å². The normalized spacial score (nSPS) is 26.2. The number of nitrogens with two attached hydrogens (primary N) is 1. The number of amidine groups is 1. The molecule has 3 aliphatic heterocycles. The molecule has 0 bridgehead atoms. The zero-order chi connectivity index (χ0) is 22.6. The molecule has 3 heterocycles. The fourth-order valence-corrected chi connectivity index (χ4v) is 7.12. The highest BCUT2D eigenvalue weighted by Crippen LogP contribution is 2.51. The lowest BCUT2D eigenvalue weighted by molar-refractivity contribution is -0.0895. The molecule has 2 saturated carbocycles. The molecule has 0 unspecified atom stereocenters. The van der Waals surface area contributed by atoms with Crippen molar-refractivity contribution in [1.29, 1.82) is 0 Å². The number of carbonyl (C=O) groups excluding carboxylic acids is 1. The number of rotatable bonds is 6. The van der Waals surface area contributed by atoms with E-state index in [1.165, 1.54) is 0 Å². The Morgan fingerprint density at radius 3 is 2.42 bits per heavy atom. The molecule has 6 rings (SSSR count). The van der Waals surface area contributed by atoms with Gasteiger partial charge < -0.3 is 20.3 Å². The minimum absolute atomic E-state index is 0.218. The van der Waals surface area contributed by atoms with Gasteiger partial charge in [0.2, 0.25) is 0 Å². The molecule has 0 aromatic heterocycles. The van der Waals surface area contributed by atoms with Crippen LogP contribution in [-0.4, -0.2) is 84.7 Å². The summed E-state index contributed by atoms with van der Waals surface area (Å²) in [5.41, 5.74) is 6.48. The van der Waals surface area contributed by atoms with Gasteiger partial charge in [0.25, 0.3) is 0 Å². The number of carbonyl (C=O) groups is 1. The summed E-state index contributed by atoms with van der Waals surface area (Å²) in [4.78, 5) is 26.9. The molecule has 3 saturated heterocycles. The first-order valence-corrected chi connectivity index (χ1v) is 12.7. The van der Waals surface area contributed by atoms with Gasteiger partial charge in [-0.1, -0.05) is 12.1 Å². The van der Waals surface area contributed by atoms with Crippen LogP contribution in [0.15, 0.2) is 39.1 Å². The van der Waals surface area contributed by atoms with Crippen LogP contribution in [0.1, 0.15) is 25.7 Å². The summed E-state index contributed by atoms with van der Waals surface area (Å²) in [6.45, 7) is 5.57. The molecule has 2 aliphatic carbocycles. The molecule has 5 aliphatic rings. The summed E-state index contributed by atoms with van der Waals surface area (Å²) in [5, 5.41) is 0. The van der Waals surface area contributed by atoms with E-state index in [-0.39, 0.29) is 11.4 Å². The number of benzene rings is 1. The number of hydrogen-bond acceptors (Lipinski definition) is 5. The van der Waals surface area contributed by atoms with Gasteiger partial charge in [0, 0.05) is 56.0 Å². The van der Waals surface area contributed by atoms with Crippen molar-refractivity contribution < 1.29 is 9.53 Å². The van der Waals surface area contributed by atoms with Gasteiger partial charge in [-0.05, 0) is 49.8 Å².